The third-order valence-corrected chi connectivity index (χ3v) is 3.84. The van der Waals surface area contributed by atoms with Crippen molar-refractivity contribution in [2.75, 3.05) is 0 Å². The van der Waals surface area contributed by atoms with Crippen LogP contribution in [0, 0.1) is 6.92 Å². The van der Waals surface area contributed by atoms with Gasteiger partial charge in [-0.05, 0) is 47.7 Å². The molecule has 0 aliphatic rings. The largest absolute Gasteiger partial charge is 0.477 e. The lowest BCUT2D eigenvalue weighted by atomic mass is 10.1. The van der Waals surface area contributed by atoms with Crippen LogP contribution in [0.3, 0.4) is 0 Å². The molecular formula is C16H12N2O2S. The van der Waals surface area contributed by atoms with Gasteiger partial charge in [-0.15, -0.1) is 0 Å². The van der Waals surface area contributed by atoms with Crippen molar-refractivity contribution in [3.63, 3.8) is 0 Å². The first-order valence-electron chi connectivity index (χ1n) is 6.37. The van der Waals surface area contributed by atoms with Crippen LogP contribution in [0.2, 0.25) is 0 Å². The zero-order chi connectivity index (χ0) is 14.8. The van der Waals surface area contributed by atoms with Gasteiger partial charge in [0.05, 0.1) is 0 Å². The molecule has 0 saturated carbocycles. The second kappa shape index (κ2) is 5.54. The average molecular weight is 296 g/mol. The molecule has 0 atom stereocenters. The minimum atomic E-state index is -1.04. The predicted molar refractivity (Wildman–Crippen MR) is 81.8 cm³/mol. The van der Waals surface area contributed by atoms with Gasteiger partial charge < -0.3 is 5.11 Å². The van der Waals surface area contributed by atoms with Crippen molar-refractivity contribution >= 4 is 28.5 Å². The fourth-order valence-electron chi connectivity index (χ4n) is 2.03. The van der Waals surface area contributed by atoms with Gasteiger partial charge in [-0.25, -0.2) is 14.8 Å². The quantitative estimate of drug-likeness (QED) is 0.745. The number of hydrogen-bond acceptors (Lipinski definition) is 4. The number of nitrogens with zero attached hydrogens (tertiary/aromatic N) is 2. The van der Waals surface area contributed by atoms with Gasteiger partial charge in [0.25, 0.3) is 0 Å². The third kappa shape index (κ3) is 3.03. The van der Waals surface area contributed by atoms with E-state index >= 15 is 0 Å². The van der Waals surface area contributed by atoms with Gasteiger partial charge in [-0.1, -0.05) is 30.3 Å². The molecule has 0 radical (unpaired) electrons. The van der Waals surface area contributed by atoms with Crippen molar-refractivity contribution < 1.29 is 9.90 Å². The monoisotopic (exact) mass is 296 g/mol. The fraction of sp³-hybridized carbons (Fsp3) is 0.0625. The maximum Gasteiger partial charge on any atom is 0.354 e. The second-order valence-electron chi connectivity index (χ2n) is 4.59. The van der Waals surface area contributed by atoms with Gasteiger partial charge in [0.2, 0.25) is 0 Å². The number of aryl methyl sites for hydroxylation is 1. The molecule has 0 bridgehead atoms. The highest BCUT2D eigenvalue weighted by molar-refractivity contribution is 7.99. The predicted octanol–water partition coefficient (Wildman–Crippen LogP) is 3.79. The Hall–Kier alpha value is -2.40. The molecule has 3 aromatic rings. The first kappa shape index (κ1) is 13.6. The Bertz CT molecular complexity index is 833. The minimum absolute atomic E-state index is 0.0192. The Kier molecular flexibility index (Phi) is 3.58. The first-order chi connectivity index (χ1) is 10.1. The molecule has 1 heterocycles. The molecule has 0 spiro atoms. The van der Waals surface area contributed by atoms with Gasteiger partial charge in [0, 0.05) is 10.6 Å². The van der Waals surface area contributed by atoms with Gasteiger partial charge in [0.1, 0.15) is 0 Å². The van der Waals surface area contributed by atoms with Crippen LogP contribution in [0.5, 0.6) is 0 Å². The summed E-state index contributed by atoms with van der Waals surface area (Å²) in [5, 5.41) is 11.8. The normalized spacial score (nSPS) is 10.7. The Labute approximate surface area is 125 Å². The lowest BCUT2D eigenvalue weighted by Crippen LogP contribution is -2.03. The van der Waals surface area contributed by atoms with E-state index in [1.807, 2.05) is 36.4 Å². The van der Waals surface area contributed by atoms with E-state index in [0.29, 0.717) is 10.9 Å². The summed E-state index contributed by atoms with van der Waals surface area (Å²) in [7, 11) is 0. The van der Waals surface area contributed by atoms with Crippen LogP contribution in [0.1, 0.15) is 16.2 Å². The maximum absolute atomic E-state index is 11.0. The number of hydrogen-bond donors (Lipinski definition) is 1. The summed E-state index contributed by atoms with van der Waals surface area (Å²) in [6, 6.07) is 15.6. The molecular weight excluding hydrogens is 284 g/mol. The lowest BCUT2D eigenvalue weighted by molar-refractivity contribution is 0.0689. The number of benzene rings is 2. The standard InChI is InChI=1S/C16H12N2O2S/c1-10-8-14(15(19)20)18-16(17-10)21-13-7-6-11-4-2-3-5-12(11)9-13/h2-9H,1H3,(H,19,20). The molecule has 0 aliphatic carbocycles. The molecule has 4 nitrogen and oxygen atoms in total. The maximum atomic E-state index is 11.0. The molecule has 3 rings (SSSR count). The van der Waals surface area contributed by atoms with Crippen molar-refractivity contribution in [2.24, 2.45) is 0 Å². The SMILES string of the molecule is Cc1cc(C(=O)O)nc(Sc2ccc3ccccc3c2)n1. The highest BCUT2D eigenvalue weighted by Crippen LogP contribution is 2.28. The molecule has 2 aromatic carbocycles. The van der Waals surface area contributed by atoms with Crippen LogP contribution in [-0.2, 0) is 0 Å². The van der Waals surface area contributed by atoms with Crippen LogP contribution >= 0.6 is 11.8 Å². The van der Waals surface area contributed by atoms with E-state index in [9.17, 15) is 4.79 Å². The molecule has 21 heavy (non-hydrogen) atoms. The first-order valence-corrected chi connectivity index (χ1v) is 7.19. The van der Waals surface area contributed by atoms with Crippen LogP contribution in [0.25, 0.3) is 10.8 Å². The van der Waals surface area contributed by atoms with Crippen molar-refractivity contribution in [3.05, 3.63) is 59.9 Å². The topological polar surface area (TPSA) is 63.1 Å². The molecule has 1 N–H and O–H groups in total. The van der Waals surface area contributed by atoms with E-state index in [4.69, 9.17) is 5.11 Å². The summed E-state index contributed by atoms with van der Waals surface area (Å²) in [4.78, 5) is 20.4. The van der Waals surface area contributed by atoms with Crippen molar-refractivity contribution in [1.82, 2.24) is 9.97 Å². The highest BCUT2D eigenvalue weighted by atomic mass is 32.2. The highest BCUT2D eigenvalue weighted by Gasteiger charge is 2.10. The summed E-state index contributed by atoms with van der Waals surface area (Å²) in [6.45, 7) is 1.76. The fourth-order valence-corrected chi connectivity index (χ4v) is 2.90. The Balaban J connectivity index is 1.96. The Morgan fingerprint density at radius 1 is 1.05 bits per heavy atom. The Morgan fingerprint density at radius 2 is 1.81 bits per heavy atom. The van der Waals surface area contributed by atoms with Crippen LogP contribution in [0.15, 0.2) is 58.6 Å². The third-order valence-electron chi connectivity index (χ3n) is 2.98. The zero-order valence-electron chi connectivity index (χ0n) is 11.3. The molecule has 0 aliphatic heterocycles. The number of carboxylic acid groups (broad SMARTS) is 1. The van der Waals surface area contributed by atoms with E-state index in [-0.39, 0.29) is 5.69 Å². The van der Waals surface area contributed by atoms with Crippen LogP contribution in [0.4, 0.5) is 0 Å². The van der Waals surface area contributed by atoms with E-state index in [2.05, 4.69) is 16.0 Å². The number of aromatic carboxylic acids is 1. The van der Waals surface area contributed by atoms with Crippen molar-refractivity contribution in [1.29, 1.82) is 0 Å². The summed E-state index contributed by atoms with van der Waals surface area (Å²) in [5.74, 6) is -1.04. The minimum Gasteiger partial charge on any atom is -0.477 e. The summed E-state index contributed by atoms with van der Waals surface area (Å²) in [6.07, 6.45) is 0. The number of fused-ring (bicyclic) bond motifs is 1. The molecule has 1 aromatic heterocycles. The lowest BCUT2D eigenvalue weighted by Gasteiger charge is -2.04. The molecule has 0 unspecified atom stereocenters. The molecule has 104 valence electrons. The van der Waals surface area contributed by atoms with Gasteiger partial charge in [0.15, 0.2) is 10.9 Å². The summed E-state index contributed by atoms with van der Waals surface area (Å²) >= 11 is 1.36. The summed E-state index contributed by atoms with van der Waals surface area (Å²) < 4.78 is 0. The molecule has 0 amide bonds. The number of carboxylic acids is 1. The summed E-state index contributed by atoms with van der Waals surface area (Å²) in [5.41, 5.74) is 0.663. The van der Waals surface area contributed by atoms with Crippen LogP contribution < -0.4 is 0 Å². The van der Waals surface area contributed by atoms with Crippen LogP contribution in [-0.4, -0.2) is 21.0 Å². The Morgan fingerprint density at radius 3 is 2.57 bits per heavy atom. The number of rotatable bonds is 3. The number of carbonyl (C=O) groups is 1. The van der Waals surface area contributed by atoms with E-state index in [1.165, 1.54) is 23.2 Å². The second-order valence-corrected chi connectivity index (χ2v) is 5.63. The van der Waals surface area contributed by atoms with E-state index in [1.54, 1.807) is 6.92 Å². The van der Waals surface area contributed by atoms with E-state index < -0.39 is 5.97 Å². The molecule has 0 fully saturated rings. The van der Waals surface area contributed by atoms with Gasteiger partial charge >= 0.3 is 5.97 Å². The molecule has 5 heteroatoms. The van der Waals surface area contributed by atoms with E-state index in [0.717, 1.165) is 10.3 Å². The zero-order valence-corrected chi connectivity index (χ0v) is 12.1. The van der Waals surface area contributed by atoms with Crippen molar-refractivity contribution in [2.45, 2.75) is 17.0 Å². The molecule has 0 saturated heterocycles. The number of aromatic nitrogens is 2. The van der Waals surface area contributed by atoms with Gasteiger partial charge in [-0.3, -0.25) is 0 Å². The van der Waals surface area contributed by atoms with Gasteiger partial charge in [-0.2, -0.15) is 0 Å². The smallest absolute Gasteiger partial charge is 0.354 e. The van der Waals surface area contributed by atoms with Crippen molar-refractivity contribution in [3.8, 4) is 0 Å². The average Bonchev–Trinajstić information content (AvgIpc) is 2.46.